The summed E-state index contributed by atoms with van der Waals surface area (Å²) in [5, 5.41) is 2.87. The quantitative estimate of drug-likeness (QED) is 0.707. The molecule has 1 aliphatic heterocycles. The first-order chi connectivity index (χ1) is 13.2. The monoisotopic (exact) mass is 367 g/mol. The van der Waals surface area contributed by atoms with Crippen LogP contribution in [0.2, 0.25) is 0 Å². The van der Waals surface area contributed by atoms with Gasteiger partial charge in [0.2, 0.25) is 5.91 Å². The molecule has 0 bridgehead atoms. The predicted octanol–water partition coefficient (Wildman–Crippen LogP) is 4.30. The maximum absolute atomic E-state index is 12.3. The first-order valence-electron chi connectivity index (χ1n) is 9.30. The Balaban J connectivity index is 1.56. The van der Waals surface area contributed by atoms with Crippen LogP contribution in [-0.4, -0.2) is 31.8 Å². The van der Waals surface area contributed by atoms with Crippen molar-refractivity contribution in [3.8, 4) is 11.5 Å². The molecule has 0 aromatic heterocycles. The third-order valence-electron chi connectivity index (χ3n) is 4.21. The van der Waals surface area contributed by atoms with Gasteiger partial charge in [-0.25, -0.2) is 0 Å². The van der Waals surface area contributed by atoms with Crippen LogP contribution in [-0.2, 0) is 9.53 Å². The summed E-state index contributed by atoms with van der Waals surface area (Å²) in [4.78, 5) is 12.3. The maximum atomic E-state index is 12.3. The summed E-state index contributed by atoms with van der Waals surface area (Å²) in [6.45, 7) is 3.87. The van der Waals surface area contributed by atoms with Gasteiger partial charge in [0.1, 0.15) is 18.1 Å². The normalized spacial score (nSPS) is 16.4. The number of hydrogen-bond donors (Lipinski definition) is 1. The highest BCUT2D eigenvalue weighted by atomic mass is 16.5. The van der Waals surface area contributed by atoms with E-state index in [1.165, 1.54) is 6.08 Å². The Morgan fingerprint density at radius 3 is 2.74 bits per heavy atom. The van der Waals surface area contributed by atoms with Crippen LogP contribution in [0.3, 0.4) is 0 Å². The third-order valence-corrected chi connectivity index (χ3v) is 4.21. The zero-order chi connectivity index (χ0) is 18.9. The Morgan fingerprint density at radius 1 is 1.19 bits per heavy atom. The molecule has 1 fully saturated rings. The molecule has 1 N–H and O–H groups in total. The number of benzene rings is 2. The number of nitrogens with one attached hydrogen (secondary N) is 1. The van der Waals surface area contributed by atoms with Crippen molar-refractivity contribution in [1.82, 2.24) is 0 Å². The van der Waals surface area contributed by atoms with Gasteiger partial charge in [-0.2, -0.15) is 0 Å². The Labute approximate surface area is 159 Å². The summed E-state index contributed by atoms with van der Waals surface area (Å²) in [6.07, 6.45) is 5.49. The lowest BCUT2D eigenvalue weighted by molar-refractivity contribution is -0.111. The number of anilines is 1. The molecule has 5 nitrogen and oxygen atoms in total. The van der Waals surface area contributed by atoms with Gasteiger partial charge < -0.3 is 19.5 Å². The highest BCUT2D eigenvalue weighted by molar-refractivity contribution is 6.02. The van der Waals surface area contributed by atoms with Gasteiger partial charge in [0.25, 0.3) is 0 Å². The Hall–Kier alpha value is -2.79. The van der Waals surface area contributed by atoms with Gasteiger partial charge >= 0.3 is 0 Å². The smallest absolute Gasteiger partial charge is 0.248 e. The van der Waals surface area contributed by atoms with Crippen molar-refractivity contribution in [2.45, 2.75) is 25.9 Å². The largest absolute Gasteiger partial charge is 0.494 e. The molecule has 5 heteroatoms. The fourth-order valence-corrected chi connectivity index (χ4v) is 2.84. The van der Waals surface area contributed by atoms with Gasteiger partial charge in [-0.05, 0) is 55.7 Å². The van der Waals surface area contributed by atoms with Crippen molar-refractivity contribution in [1.29, 1.82) is 0 Å². The average Bonchev–Trinajstić information content (AvgIpc) is 3.21. The summed E-state index contributed by atoms with van der Waals surface area (Å²) >= 11 is 0. The lowest BCUT2D eigenvalue weighted by atomic mass is 10.2. The van der Waals surface area contributed by atoms with E-state index < -0.39 is 0 Å². The van der Waals surface area contributed by atoms with Crippen LogP contribution in [0.25, 0.3) is 6.08 Å². The molecule has 1 heterocycles. The van der Waals surface area contributed by atoms with Crippen molar-refractivity contribution in [3.05, 3.63) is 60.2 Å². The average molecular weight is 367 g/mol. The molecule has 1 saturated heterocycles. The maximum Gasteiger partial charge on any atom is 0.248 e. The molecular formula is C22H25NO4. The van der Waals surface area contributed by atoms with E-state index in [4.69, 9.17) is 14.2 Å². The van der Waals surface area contributed by atoms with Crippen molar-refractivity contribution in [3.63, 3.8) is 0 Å². The summed E-state index contributed by atoms with van der Waals surface area (Å²) in [5.74, 6) is 1.25. The summed E-state index contributed by atoms with van der Waals surface area (Å²) < 4.78 is 16.8. The molecule has 1 amide bonds. The molecule has 0 radical (unpaired) electrons. The van der Waals surface area contributed by atoms with E-state index >= 15 is 0 Å². The van der Waals surface area contributed by atoms with Gasteiger partial charge in [-0.1, -0.05) is 24.3 Å². The lowest BCUT2D eigenvalue weighted by Gasteiger charge is -2.14. The minimum atomic E-state index is -0.211. The lowest BCUT2D eigenvalue weighted by Crippen LogP contribution is -2.17. The number of rotatable bonds is 8. The first kappa shape index (κ1) is 19.0. The molecule has 1 aliphatic rings. The Kier molecular flexibility index (Phi) is 6.88. The fraction of sp³-hybridized carbons (Fsp3) is 0.318. The van der Waals surface area contributed by atoms with Crippen LogP contribution in [0.15, 0.2) is 54.6 Å². The molecule has 0 aliphatic carbocycles. The SMILES string of the molecule is CCOc1ccc(/C=C/C(=O)Nc2ccccc2OCC2CCCO2)cc1. The van der Waals surface area contributed by atoms with Crippen LogP contribution in [0.4, 0.5) is 5.69 Å². The van der Waals surface area contributed by atoms with Crippen molar-refractivity contribution < 1.29 is 19.0 Å². The van der Waals surface area contributed by atoms with Crippen LogP contribution >= 0.6 is 0 Å². The van der Waals surface area contributed by atoms with E-state index in [9.17, 15) is 4.79 Å². The summed E-state index contributed by atoms with van der Waals surface area (Å²) in [7, 11) is 0. The second-order valence-corrected chi connectivity index (χ2v) is 6.27. The molecule has 1 unspecified atom stereocenters. The number of carbonyl (C=O) groups excluding carboxylic acids is 1. The number of carbonyl (C=O) groups is 1. The van der Waals surface area contributed by atoms with Gasteiger partial charge in [0.05, 0.1) is 18.4 Å². The minimum Gasteiger partial charge on any atom is -0.494 e. The van der Waals surface area contributed by atoms with Crippen molar-refractivity contribution in [2.24, 2.45) is 0 Å². The zero-order valence-electron chi connectivity index (χ0n) is 15.5. The van der Waals surface area contributed by atoms with Crippen molar-refractivity contribution in [2.75, 3.05) is 25.1 Å². The molecule has 142 valence electrons. The zero-order valence-corrected chi connectivity index (χ0v) is 15.5. The van der Waals surface area contributed by atoms with E-state index in [-0.39, 0.29) is 12.0 Å². The van der Waals surface area contributed by atoms with E-state index in [1.807, 2.05) is 55.5 Å². The van der Waals surface area contributed by atoms with E-state index in [0.29, 0.717) is 24.7 Å². The van der Waals surface area contributed by atoms with Crippen LogP contribution < -0.4 is 14.8 Å². The van der Waals surface area contributed by atoms with Crippen LogP contribution in [0.5, 0.6) is 11.5 Å². The van der Waals surface area contributed by atoms with Crippen LogP contribution in [0.1, 0.15) is 25.3 Å². The highest BCUT2D eigenvalue weighted by Gasteiger charge is 2.16. The second-order valence-electron chi connectivity index (χ2n) is 6.27. The Morgan fingerprint density at radius 2 is 2.00 bits per heavy atom. The Bertz CT molecular complexity index is 764. The molecule has 1 atom stereocenters. The van der Waals surface area contributed by atoms with Crippen LogP contribution in [0, 0.1) is 0 Å². The molecular weight excluding hydrogens is 342 g/mol. The summed E-state index contributed by atoms with van der Waals surface area (Å²) in [5.41, 5.74) is 1.58. The van der Waals surface area contributed by atoms with Gasteiger partial charge in [0, 0.05) is 12.7 Å². The number of hydrogen-bond acceptors (Lipinski definition) is 4. The van der Waals surface area contributed by atoms with Gasteiger partial charge in [-0.3, -0.25) is 4.79 Å². The molecule has 3 rings (SSSR count). The number of amides is 1. The third kappa shape index (κ3) is 5.86. The topological polar surface area (TPSA) is 56.8 Å². The number of ether oxygens (including phenoxy) is 3. The second kappa shape index (κ2) is 9.78. The van der Waals surface area contributed by atoms with E-state index in [2.05, 4.69) is 5.32 Å². The van der Waals surface area contributed by atoms with E-state index in [1.54, 1.807) is 6.08 Å². The predicted molar refractivity (Wildman–Crippen MR) is 106 cm³/mol. The standard InChI is InChI=1S/C22H25NO4/c1-2-25-18-12-9-17(10-13-18)11-14-22(24)23-20-7-3-4-8-21(20)27-16-19-6-5-15-26-19/h3-4,7-14,19H,2,5-6,15-16H2,1H3,(H,23,24)/b14-11+. The van der Waals surface area contributed by atoms with E-state index in [0.717, 1.165) is 30.8 Å². The van der Waals surface area contributed by atoms with Crippen molar-refractivity contribution >= 4 is 17.7 Å². The minimum absolute atomic E-state index is 0.133. The van der Waals surface area contributed by atoms with Gasteiger partial charge in [0.15, 0.2) is 0 Å². The molecule has 0 saturated carbocycles. The highest BCUT2D eigenvalue weighted by Crippen LogP contribution is 2.25. The first-order valence-corrected chi connectivity index (χ1v) is 9.30. The summed E-state index contributed by atoms with van der Waals surface area (Å²) in [6, 6.07) is 15.0. The molecule has 27 heavy (non-hydrogen) atoms. The van der Waals surface area contributed by atoms with Gasteiger partial charge in [-0.15, -0.1) is 0 Å². The molecule has 2 aromatic carbocycles. The fourth-order valence-electron chi connectivity index (χ4n) is 2.84. The number of para-hydroxylation sites is 2. The molecule has 2 aromatic rings. The molecule has 0 spiro atoms.